The summed E-state index contributed by atoms with van der Waals surface area (Å²) in [5.74, 6) is 1.13. The molecule has 2 N–H and O–H groups in total. The molecule has 1 aliphatic carbocycles. The average molecular weight is 381 g/mol. The molecule has 0 aliphatic heterocycles. The molecule has 7 heteroatoms. The minimum Gasteiger partial charge on any atom is -0.462 e. The summed E-state index contributed by atoms with van der Waals surface area (Å²) in [6.07, 6.45) is 5.76. The van der Waals surface area contributed by atoms with E-state index >= 15 is 0 Å². The maximum Gasteiger partial charge on any atom is 0.306 e. The van der Waals surface area contributed by atoms with Gasteiger partial charge in [-0.05, 0) is 44.9 Å². The third-order valence-electron chi connectivity index (χ3n) is 4.33. The standard InChI is InChI=1S/C19H32N4O2S/c1-4-20-19(22-12-17-23-16(13-26-17)14(2)3)21-11-7-10-18(24)25-15-8-5-6-9-15/h13-15H,4-12H2,1-3H3,(H2,20,21,22). The molecular formula is C19H32N4O2S. The number of esters is 1. The molecule has 0 atom stereocenters. The number of aliphatic imine (C=N–C) groups is 1. The zero-order chi connectivity index (χ0) is 18.8. The zero-order valence-electron chi connectivity index (χ0n) is 16.2. The summed E-state index contributed by atoms with van der Waals surface area (Å²) in [6.45, 7) is 8.38. The van der Waals surface area contributed by atoms with E-state index in [1.807, 2.05) is 6.92 Å². The van der Waals surface area contributed by atoms with Crippen LogP contribution in [0.4, 0.5) is 0 Å². The number of rotatable bonds is 9. The molecule has 146 valence electrons. The molecule has 0 unspecified atom stereocenters. The van der Waals surface area contributed by atoms with Crippen molar-refractivity contribution < 1.29 is 9.53 Å². The first-order valence-electron chi connectivity index (χ1n) is 9.74. The molecule has 1 heterocycles. The molecular weight excluding hydrogens is 348 g/mol. The fourth-order valence-corrected chi connectivity index (χ4v) is 3.72. The summed E-state index contributed by atoms with van der Waals surface area (Å²) in [5, 5.41) is 9.63. The predicted molar refractivity (Wildman–Crippen MR) is 107 cm³/mol. The van der Waals surface area contributed by atoms with Crippen LogP contribution in [0.2, 0.25) is 0 Å². The maximum atomic E-state index is 11.8. The quantitative estimate of drug-likeness (QED) is 0.296. The molecule has 1 saturated carbocycles. The van der Waals surface area contributed by atoms with Crippen molar-refractivity contribution in [1.29, 1.82) is 0 Å². The van der Waals surface area contributed by atoms with Crippen molar-refractivity contribution in [2.24, 2.45) is 4.99 Å². The summed E-state index contributed by atoms with van der Waals surface area (Å²) < 4.78 is 5.47. The van der Waals surface area contributed by atoms with Gasteiger partial charge in [-0.3, -0.25) is 4.79 Å². The van der Waals surface area contributed by atoms with E-state index in [1.54, 1.807) is 11.3 Å². The zero-order valence-corrected chi connectivity index (χ0v) is 17.0. The highest BCUT2D eigenvalue weighted by Crippen LogP contribution is 2.21. The molecule has 0 spiro atoms. The number of ether oxygens (including phenoxy) is 1. The topological polar surface area (TPSA) is 75.6 Å². The molecule has 0 aromatic carbocycles. The number of thiazole rings is 1. The van der Waals surface area contributed by atoms with Gasteiger partial charge >= 0.3 is 5.97 Å². The Hall–Kier alpha value is -1.63. The minimum atomic E-state index is -0.0790. The molecule has 1 aromatic heterocycles. The largest absolute Gasteiger partial charge is 0.462 e. The Balaban J connectivity index is 1.69. The van der Waals surface area contributed by atoms with E-state index in [-0.39, 0.29) is 12.1 Å². The Labute approximate surface area is 160 Å². The lowest BCUT2D eigenvalue weighted by Crippen LogP contribution is -2.37. The Bertz CT molecular complexity index is 580. The third-order valence-corrected chi connectivity index (χ3v) is 5.18. The van der Waals surface area contributed by atoms with E-state index in [0.29, 0.717) is 25.4 Å². The normalized spacial score (nSPS) is 15.5. The van der Waals surface area contributed by atoms with Crippen LogP contribution >= 0.6 is 11.3 Å². The van der Waals surface area contributed by atoms with Crippen LogP contribution in [0.1, 0.15) is 75.9 Å². The highest BCUT2D eigenvalue weighted by atomic mass is 32.1. The van der Waals surface area contributed by atoms with E-state index in [9.17, 15) is 4.79 Å². The van der Waals surface area contributed by atoms with E-state index < -0.39 is 0 Å². The monoisotopic (exact) mass is 380 g/mol. The second-order valence-electron chi connectivity index (χ2n) is 6.94. The van der Waals surface area contributed by atoms with Gasteiger partial charge in [-0.15, -0.1) is 11.3 Å². The second kappa shape index (κ2) is 11.2. The van der Waals surface area contributed by atoms with E-state index in [4.69, 9.17) is 4.74 Å². The van der Waals surface area contributed by atoms with Crippen LogP contribution < -0.4 is 10.6 Å². The molecule has 0 saturated heterocycles. The van der Waals surface area contributed by atoms with Gasteiger partial charge in [-0.2, -0.15) is 0 Å². The van der Waals surface area contributed by atoms with Crippen LogP contribution in [0.3, 0.4) is 0 Å². The molecule has 1 aromatic rings. The van der Waals surface area contributed by atoms with Crippen LogP contribution in [0.25, 0.3) is 0 Å². The molecule has 2 rings (SSSR count). The lowest BCUT2D eigenvalue weighted by atomic mass is 10.2. The van der Waals surface area contributed by atoms with Crippen LogP contribution in [0.15, 0.2) is 10.4 Å². The van der Waals surface area contributed by atoms with Gasteiger partial charge in [0.25, 0.3) is 0 Å². The fourth-order valence-electron chi connectivity index (χ4n) is 2.84. The Morgan fingerprint density at radius 3 is 2.81 bits per heavy atom. The van der Waals surface area contributed by atoms with Crippen LogP contribution in [-0.2, 0) is 16.1 Å². The predicted octanol–water partition coefficient (Wildman–Crippen LogP) is 3.59. The number of carbonyl (C=O) groups excluding carboxylic acids is 1. The molecule has 0 amide bonds. The van der Waals surface area contributed by atoms with Gasteiger partial charge in [0, 0.05) is 24.9 Å². The minimum absolute atomic E-state index is 0.0790. The number of guanidine groups is 1. The van der Waals surface area contributed by atoms with Crippen LogP contribution in [0.5, 0.6) is 0 Å². The van der Waals surface area contributed by atoms with Crippen molar-refractivity contribution in [3.05, 3.63) is 16.1 Å². The lowest BCUT2D eigenvalue weighted by Gasteiger charge is -2.12. The van der Waals surface area contributed by atoms with Gasteiger partial charge in [0.1, 0.15) is 11.1 Å². The SMILES string of the molecule is CCNC(=NCc1nc(C(C)C)cs1)NCCCC(=O)OC1CCCC1. The molecule has 26 heavy (non-hydrogen) atoms. The number of nitrogens with one attached hydrogen (secondary N) is 2. The Morgan fingerprint density at radius 1 is 1.38 bits per heavy atom. The van der Waals surface area contributed by atoms with Crippen LogP contribution in [-0.4, -0.2) is 36.1 Å². The summed E-state index contributed by atoms with van der Waals surface area (Å²) in [7, 11) is 0. The first-order chi connectivity index (χ1) is 12.6. The fraction of sp³-hybridized carbons (Fsp3) is 0.737. The number of hydrogen-bond acceptors (Lipinski definition) is 5. The van der Waals surface area contributed by atoms with Crippen molar-refractivity contribution in [3.63, 3.8) is 0 Å². The average Bonchev–Trinajstić information content (AvgIpc) is 3.28. The van der Waals surface area contributed by atoms with E-state index in [1.165, 1.54) is 12.8 Å². The van der Waals surface area contributed by atoms with Gasteiger partial charge in [0.15, 0.2) is 5.96 Å². The first-order valence-corrected chi connectivity index (χ1v) is 10.6. The van der Waals surface area contributed by atoms with Gasteiger partial charge in [-0.25, -0.2) is 9.98 Å². The van der Waals surface area contributed by atoms with Crippen molar-refractivity contribution in [2.75, 3.05) is 13.1 Å². The number of aromatic nitrogens is 1. The van der Waals surface area contributed by atoms with Crippen LogP contribution in [0, 0.1) is 0 Å². The highest BCUT2D eigenvalue weighted by molar-refractivity contribution is 7.09. The van der Waals surface area contributed by atoms with Crippen molar-refractivity contribution in [3.8, 4) is 0 Å². The van der Waals surface area contributed by atoms with Crippen molar-refractivity contribution in [1.82, 2.24) is 15.6 Å². The Kier molecular flexibility index (Phi) is 8.88. The smallest absolute Gasteiger partial charge is 0.306 e. The highest BCUT2D eigenvalue weighted by Gasteiger charge is 2.18. The Morgan fingerprint density at radius 2 is 2.15 bits per heavy atom. The molecule has 1 aliphatic rings. The van der Waals surface area contributed by atoms with Gasteiger partial charge in [0.2, 0.25) is 0 Å². The van der Waals surface area contributed by atoms with Gasteiger partial charge < -0.3 is 15.4 Å². The molecule has 1 fully saturated rings. The first kappa shape index (κ1) is 20.7. The second-order valence-corrected chi connectivity index (χ2v) is 7.89. The van der Waals surface area contributed by atoms with E-state index in [0.717, 1.165) is 42.5 Å². The summed E-state index contributed by atoms with van der Waals surface area (Å²) >= 11 is 1.65. The van der Waals surface area contributed by atoms with Crippen molar-refractivity contribution >= 4 is 23.3 Å². The van der Waals surface area contributed by atoms with Gasteiger partial charge in [0.05, 0.1) is 12.2 Å². The number of nitrogens with zero attached hydrogens (tertiary/aromatic N) is 2. The summed E-state index contributed by atoms with van der Waals surface area (Å²) in [4.78, 5) is 21.0. The summed E-state index contributed by atoms with van der Waals surface area (Å²) in [6, 6.07) is 0. The molecule has 0 radical (unpaired) electrons. The number of carbonyl (C=O) groups is 1. The van der Waals surface area contributed by atoms with Gasteiger partial charge in [-0.1, -0.05) is 13.8 Å². The maximum absolute atomic E-state index is 11.8. The molecule has 0 bridgehead atoms. The summed E-state index contributed by atoms with van der Waals surface area (Å²) in [5.41, 5.74) is 1.12. The molecule has 6 nitrogen and oxygen atoms in total. The third kappa shape index (κ3) is 7.32. The lowest BCUT2D eigenvalue weighted by molar-refractivity contribution is -0.148. The van der Waals surface area contributed by atoms with E-state index in [2.05, 4.69) is 39.8 Å². The van der Waals surface area contributed by atoms with Crippen molar-refractivity contribution in [2.45, 2.75) is 77.9 Å². The number of hydrogen-bond donors (Lipinski definition) is 2.